The molecule has 0 unspecified atom stereocenters. The highest BCUT2D eigenvalue weighted by atomic mass is 35.5. The summed E-state index contributed by atoms with van der Waals surface area (Å²) in [5.41, 5.74) is 6.59. The van der Waals surface area contributed by atoms with Crippen LogP contribution in [0.15, 0.2) is 12.1 Å². The highest BCUT2D eigenvalue weighted by molar-refractivity contribution is 6.32. The first-order chi connectivity index (χ1) is 9.22. The van der Waals surface area contributed by atoms with Gasteiger partial charge in [-0.25, -0.2) is 0 Å². The van der Waals surface area contributed by atoms with E-state index in [4.69, 9.17) is 31.5 Å². The van der Waals surface area contributed by atoms with Gasteiger partial charge in [0.2, 0.25) is 0 Å². The van der Waals surface area contributed by atoms with Crippen LogP contribution in [-0.2, 0) is 11.2 Å². The second kappa shape index (κ2) is 9.02. The summed E-state index contributed by atoms with van der Waals surface area (Å²) in [5, 5.41) is 0.555. The number of nitrogens with two attached hydrogens (primary N) is 1. The van der Waals surface area contributed by atoms with Crippen molar-refractivity contribution in [1.29, 1.82) is 0 Å². The summed E-state index contributed by atoms with van der Waals surface area (Å²) < 4.78 is 16.2. The SMILES string of the molecule is CCOCCCOc1c(Cl)cc(CCN)cc1OC. The van der Waals surface area contributed by atoms with E-state index in [1.807, 2.05) is 19.1 Å². The van der Waals surface area contributed by atoms with E-state index in [0.29, 0.717) is 36.3 Å². The number of hydrogen-bond acceptors (Lipinski definition) is 4. The van der Waals surface area contributed by atoms with Crippen molar-refractivity contribution >= 4 is 11.6 Å². The molecule has 0 aromatic heterocycles. The van der Waals surface area contributed by atoms with Crippen molar-refractivity contribution in [3.63, 3.8) is 0 Å². The first-order valence-corrected chi connectivity index (χ1v) is 6.87. The van der Waals surface area contributed by atoms with E-state index in [2.05, 4.69) is 0 Å². The van der Waals surface area contributed by atoms with Crippen molar-refractivity contribution in [2.45, 2.75) is 19.8 Å². The Balaban J connectivity index is 2.65. The fourth-order valence-electron chi connectivity index (χ4n) is 1.70. The van der Waals surface area contributed by atoms with E-state index in [1.54, 1.807) is 7.11 Å². The van der Waals surface area contributed by atoms with Crippen LogP contribution in [0.1, 0.15) is 18.9 Å². The van der Waals surface area contributed by atoms with Gasteiger partial charge in [-0.1, -0.05) is 11.6 Å². The Bertz CT molecular complexity index is 385. The van der Waals surface area contributed by atoms with Crippen LogP contribution in [0, 0.1) is 0 Å². The Morgan fingerprint density at radius 2 is 2.05 bits per heavy atom. The molecule has 0 atom stereocenters. The molecule has 0 saturated carbocycles. The summed E-state index contributed by atoms with van der Waals surface area (Å²) in [4.78, 5) is 0. The molecule has 0 heterocycles. The van der Waals surface area contributed by atoms with Crippen LogP contribution < -0.4 is 15.2 Å². The lowest BCUT2D eigenvalue weighted by Crippen LogP contribution is -2.06. The molecule has 0 aliphatic rings. The monoisotopic (exact) mass is 287 g/mol. The molecule has 2 N–H and O–H groups in total. The Kier molecular flexibility index (Phi) is 7.63. The molecule has 0 spiro atoms. The molecule has 0 radical (unpaired) electrons. The van der Waals surface area contributed by atoms with E-state index in [9.17, 15) is 0 Å². The van der Waals surface area contributed by atoms with Gasteiger partial charge in [0.15, 0.2) is 11.5 Å². The quantitative estimate of drug-likeness (QED) is 0.710. The molecular weight excluding hydrogens is 266 g/mol. The van der Waals surface area contributed by atoms with E-state index >= 15 is 0 Å². The maximum atomic E-state index is 6.21. The van der Waals surface area contributed by atoms with Crippen LogP contribution in [-0.4, -0.2) is 33.5 Å². The van der Waals surface area contributed by atoms with Crippen LogP contribution in [0.3, 0.4) is 0 Å². The highest BCUT2D eigenvalue weighted by Gasteiger charge is 2.11. The summed E-state index contributed by atoms with van der Waals surface area (Å²) in [6, 6.07) is 3.78. The minimum Gasteiger partial charge on any atom is -0.493 e. The van der Waals surface area contributed by atoms with Gasteiger partial charge in [-0.3, -0.25) is 0 Å². The minimum absolute atomic E-state index is 0.548. The summed E-state index contributed by atoms with van der Waals surface area (Å²) >= 11 is 6.21. The summed E-state index contributed by atoms with van der Waals surface area (Å²) in [5.74, 6) is 1.23. The third-order valence-corrected chi connectivity index (χ3v) is 2.89. The summed E-state index contributed by atoms with van der Waals surface area (Å²) in [6.45, 7) is 4.50. The molecule has 0 aliphatic carbocycles. The van der Waals surface area contributed by atoms with Crippen LogP contribution in [0.4, 0.5) is 0 Å². The zero-order chi connectivity index (χ0) is 14.1. The van der Waals surface area contributed by atoms with E-state index in [1.165, 1.54) is 0 Å². The van der Waals surface area contributed by atoms with Gasteiger partial charge in [-0.2, -0.15) is 0 Å². The maximum Gasteiger partial charge on any atom is 0.179 e. The van der Waals surface area contributed by atoms with Gasteiger partial charge >= 0.3 is 0 Å². The van der Waals surface area contributed by atoms with Gasteiger partial charge in [0.25, 0.3) is 0 Å². The Hall–Kier alpha value is -0.970. The largest absolute Gasteiger partial charge is 0.493 e. The average Bonchev–Trinajstić information content (AvgIpc) is 2.40. The van der Waals surface area contributed by atoms with Gasteiger partial charge in [-0.15, -0.1) is 0 Å². The van der Waals surface area contributed by atoms with Crippen LogP contribution >= 0.6 is 11.6 Å². The molecular formula is C14H22ClNO3. The second-order valence-corrected chi connectivity index (χ2v) is 4.45. The molecule has 1 aromatic carbocycles. The van der Waals surface area contributed by atoms with Gasteiger partial charge in [-0.05, 0) is 37.6 Å². The van der Waals surface area contributed by atoms with Gasteiger partial charge in [0.05, 0.1) is 18.7 Å². The van der Waals surface area contributed by atoms with E-state index < -0.39 is 0 Å². The van der Waals surface area contributed by atoms with Crippen molar-refractivity contribution in [3.05, 3.63) is 22.7 Å². The number of rotatable bonds is 9. The Morgan fingerprint density at radius 1 is 1.26 bits per heavy atom. The normalized spacial score (nSPS) is 10.5. The molecule has 0 amide bonds. The fraction of sp³-hybridized carbons (Fsp3) is 0.571. The van der Waals surface area contributed by atoms with Crippen LogP contribution in [0.25, 0.3) is 0 Å². The fourth-order valence-corrected chi connectivity index (χ4v) is 1.99. The minimum atomic E-state index is 0.548. The molecule has 1 rings (SSSR count). The van der Waals surface area contributed by atoms with E-state index in [0.717, 1.165) is 25.0 Å². The molecule has 19 heavy (non-hydrogen) atoms. The topological polar surface area (TPSA) is 53.7 Å². The number of benzene rings is 1. The lowest BCUT2D eigenvalue weighted by molar-refractivity contribution is 0.130. The Morgan fingerprint density at radius 3 is 2.68 bits per heavy atom. The van der Waals surface area contributed by atoms with Crippen molar-refractivity contribution in [2.75, 3.05) is 33.5 Å². The summed E-state index contributed by atoms with van der Waals surface area (Å²) in [6.07, 6.45) is 1.58. The molecule has 0 saturated heterocycles. The van der Waals surface area contributed by atoms with Crippen molar-refractivity contribution in [2.24, 2.45) is 5.73 Å². The summed E-state index contributed by atoms with van der Waals surface area (Å²) in [7, 11) is 1.60. The van der Waals surface area contributed by atoms with Crippen LogP contribution in [0.2, 0.25) is 5.02 Å². The van der Waals surface area contributed by atoms with Crippen molar-refractivity contribution in [3.8, 4) is 11.5 Å². The van der Waals surface area contributed by atoms with Crippen molar-refractivity contribution in [1.82, 2.24) is 0 Å². The first kappa shape index (κ1) is 16.1. The number of ether oxygens (including phenoxy) is 3. The number of halogens is 1. The number of hydrogen-bond donors (Lipinski definition) is 1. The molecule has 0 aliphatic heterocycles. The van der Waals surface area contributed by atoms with E-state index in [-0.39, 0.29) is 0 Å². The molecule has 5 heteroatoms. The average molecular weight is 288 g/mol. The standard InChI is InChI=1S/C14H22ClNO3/c1-3-18-7-4-8-19-14-12(15)9-11(5-6-16)10-13(14)17-2/h9-10H,3-8,16H2,1-2H3. The zero-order valence-corrected chi connectivity index (χ0v) is 12.3. The Labute approximate surface area is 119 Å². The maximum absolute atomic E-state index is 6.21. The number of methoxy groups -OCH3 is 1. The molecule has 1 aromatic rings. The van der Waals surface area contributed by atoms with Gasteiger partial charge < -0.3 is 19.9 Å². The van der Waals surface area contributed by atoms with Gasteiger partial charge in [0.1, 0.15) is 0 Å². The second-order valence-electron chi connectivity index (χ2n) is 4.05. The first-order valence-electron chi connectivity index (χ1n) is 6.50. The lowest BCUT2D eigenvalue weighted by atomic mass is 10.1. The van der Waals surface area contributed by atoms with Crippen molar-refractivity contribution < 1.29 is 14.2 Å². The zero-order valence-electron chi connectivity index (χ0n) is 11.6. The molecule has 4 nitrogen and oxygen atoms in total. The van der Waals surface area contributed by atoms with Crippen LogP contribution in [0.5, 0.6) is 11.5 Å². The predicted octanol–water partition coefficient (Wildman–Crippen LogP) is 2.66. The van der Waals surface area contributed by atoms with Gasteiger partial charge in [0, 0.05) is 19.6 Å². The third-order valence-electron chi connectivity index (χ3n) is 2.61. The lowest BCUT2D eigenvalue weighted by Gasteiger charge is -2.14. The molecule has 0 fully saturated rings. The molecule has 108 valence electrons. The molecule has 0 bridgehead atoms. The smallest absolute Gasteiger partial charge is 0.179 e. The third kappa shape index (κ3) is 5.27. The highest BCUT2D eigenvalue weighted by Crippen LogP contribution is 2.36. The predicted molar refractivity (Wildman–Crippen MR) is 77.4 cm³/mol.